The van der Waals surface area contributed by atoms with E-state index in [1.165, 1.54) is 13.3 Å². The summed E-state index contributed by atoms with van der Waals surface area (Å²) < 4.78 is 6.10. The summed E-state index contributed by atoms with van der Waals surface area (Å²) in [5.41, 5.74) is 3.23. The molecule has 0 aliphatic rings. The lowest BCUT2D eigenvalue weighted by Crippen LogP contribution is -2.26. The highest BCUT2D eigenvalue weighted by Gasteiger charge is 2.17. The monoisotopic (exact) mass is 339 g/mol. The average molecular weight is 339 g/mol. The van der Waals surface area contributed by atoms with E-state index in [2.05, 4.69) is 4.99 Å². The zero-order chi connectivity index (χ0) is 18.6. The molecule has 25 heavy (non-hydrogen) atoms. The minimum Gasteiger partial charge on any atom is -0.494 e. The Morgan fingerprint density at radius 2 is 2.04 bits per heavy atom. The topological polar surface area (TPSA) is 87.6 Å². The number of aromatic nitrogens is 1. The number of hydrogen-bond donors (Lipinski definition) is 1. The molecule has 1 heterocycles. The SMILES string of the molecule is COCCn1c(O)c(C=Nc2ccc(C)c(C)c2)c(C)c(C#N)c1=O. The van der Waals surface area contributed by atoms with E-state index in [4.69, 9.17) is 4.74 Å². The highest BCUT2D eigenvalue weighted by Crippen LogP contribution is 2.22. The molecule has 1 N–H and O–H groups in total. The summed E-state index contributed by atoms with van der Waals surface area (Å²) in [7, 11) is 1.50. The van der Waals surface area contributed by atoms with Crippen LogP contribution in [0.1, 0.15) is 27.8 Å². The van der Waals surface area contributed by atoms with Crippen LogP contribution in [0.15, 0.2) is 28.0 Å². The second kappa shape index (κ2) is 7.77. The van der Waals surface area contributed by atoms with Crippen LogP contribution in [-0.2, 0) is 11.3 Å². The van der Waals surface area contributed by atoms with E-state index < -0.39 is 5.56 Å². The number of ether oxygens (including phenoxy) is 1. The van der Waals surface area contributed by atoms with Gasteiger partial charge in [0, 0.05) is 13.3 Å². The number of aryl methyl sites for hydroxylation is 2. The van der Waals surface area contributed by atoms with Gasteiger partial charge in [-0.25, -0.2) is 0 Å². The van der Waals surface area contributed by atoms with Gasteiger partial charge in [-0.05, 0) is 49.6 Å². The second-order valence-corrected chi connectivity index (χ2v) is 5.83. The maximum absolute atomic E-state index is 12.3. The highest BCUT2D eigenvalue weighted by atomic mass is 16.5. The molecule has 1 aromatic heterocycles. The van der Waals surface area contributed by atoms with Crippen LogP contribution >= 0.6 is 0 Å². The molecule has 130 valence electrons. The Balaban J connectivity index is 2.56. The molecule has 0 aliphatic carbocycles. The van der Waals surface area contributed by atoms with Gasteiger partial charge in [0.1, 0.15) is 11.6 Å². The third-order valence-electron chi connectivity index (χ3n) is 4.20. The van der Waals surface area contributed by atoms with Gasteiger partial charge in [-0.3, -0.25) is 14.4 Å². The molecule has 0 unspecified atom stereocenters. The van der Waals surface area contributed by atoms with Crippen LogP contribution < -0.4 is 5.56 Å². The molecule has 0 saturated carbocycles. The lowest BCUT2D eigenvalue weighted by molar-refractivity contribution is 0.182. The lowest BCUT2D eigenvalue weighted by Gasteiger charge is -2.13. The summed E-state index contributed by atoms with van der Waals surface area (Å²) in [6.45, 7) is 6.04. The van der Waals surface area contributed by atoms with Crippen LogP contribution in [0.2, 0.25) is 0 Å². The van der Waals surface area contributed by atoms with E-state index in [1.807, 2.05) is 38.1 Å². The van der Waals surface area contributed by atoms with E-state index in [1.54, 1.807) is 6.92 Å². The van der Waals surface area contributed by atoms with Gasteiger partial charge >= 0.3 is 0 Å². The van der Waals surface area contributed by atoms with Crippen LogP contribution in [0.25, 0.3) is 0 Å². The van der Waals surface area contributed by atoms with Gasteiger partial charge in [-0.1, -0.05) is 6.07 Å². The van der Waals surface area contributed by atoms with Gasteiger partial charge in [0.15, 0.2) is 0 Å². The Kier molecular flexibility index (Phi) is 5.73. The summed E-state index contributed by atoms with van der Waals surface area (Å²) in [6.07, 6.45) is 1.48. The van der Waals surface area contributed by atoms with Crippen LogP contribution in [0.5, 0.6) is 5.88 Å². The number of aromatic hydroxyl groups is 1. The molecule has 0 amide bonds. The van der Waals surface area contributed by atoms with Crippen molar-refractivity contribution in [2.24, 2.45) is 4.99 Å². The summed E-state index contributed by atoms with van der Waals surface area (Å²) in [5, 5.41) is 19.8. The maximum Gasteiger partial charge on any atom is 0.271 e. The smallest absolute Gasteiger partial charge is 0.271 e. The molecule has 2 rings (SSSR count). The van der Waals surface area contributed by atoms with Gasteiger partial charge in [-0.15, -0.1) is 0 Å². The van der Waals surface area contributed by atoms with Gasteiger partial charge in [-0.2, -0.15) is 5.26 Å². The van der Waals surface area contributed by atoms with Crippen molar-refractivity contribution < 1.29 is 9.84 Å². The molecular weight excluding hydrogens is 318 g/mol. The molecule has 6 nitrogen and oxygen atoms in total. The highest BCUT2D eigenvalue weighted by molar-refractivity contribution is 5.87. The zero-order valence-electron chi connectivity index (χ0n) is 14.8. The summed E-state index contributed by atoms with van der Waals surface area (Å²) in [5.74, 6) is -0.217. The maximum atomic E-state index is 12.3. The number of aliphatic imine (C=N–C) groups is 1. The van der Waals surface area contributed by atoms with E-state index in [0.717, 1.165) is 21.4 Å². The molecule has 0 spiro atoms. The average Bonchev–Trinajstić information content (AvgIpc) is 2.58. The number of benzene rings is 1. The van der Waals surface area contributed by atoms with Crippen molar-refractivity contribution in [2.75, 3.05) is 13.7 Å². The number of methoxy groups -OCH3 is 1. The van der Waals surface area contributed by atoms with E-state index >= 15 is 0 Å². The fourth-order valence-electron chi connectivity index (χ4n) is 2.46. The van der Waals surface area contributed by atoms with Crippen molar-refractivity contribution in [2.45, 2.75) is 27.3 Å². The van der Waals surface area contributed by atoms with Crippen LogP contribution in [-0.4, -0.2) is 29.6 Å². The fourth-order valence-corrected chi connectivity index (χ4v) is 2.46. The van der Waals surface area contributed by atoms with E-state index in [-0.39, 0.29) is 24.6 Å². The van der Waals surface area contributed by atoms with Crippen molar-refractivity contribution in [1.29, 1.82) is 5.26 Å². The molecule has 0 bridgehead atoms. The zero-order valence-corrected chi connectivity index (χ0v) is 14.8. The van der Waals surface area contributed by atoms with E-state index in [0.29, 0.717) is 11.1 Å². The molecule has 2 aromatic rings. The molecule has 6 heteroatoms. The van der Waals surface area contributed by atoms with Crippen molar-refractivity contribution in [1.82, 2.24) is 4.57 Å². The Bertz CT molecular complexity index is 921. The van der Waals surface area contributed by atoms with Gasteiger partial charge in [0.2, 0.25) is 5.88 Å². The number of hydrogen-bond acceptors (Lipinski definition) is 5. The summed E-state index contributed by atoms with van der Waals surface area (Å²) in [6, 6.07) is 7.69. The summed E-state index contributed by atoms with van der Waals surface area (Å²) >= 11 is 0. The Morgan fingerprint density at radius 3 is 2.64 bits per heavy atom. The van der Waals surface area contributed by atoms with Crippen LogP contribution in [0.4, 0.5) is 5.69 Å². The Hall–Kier alpha value is -2.91. The summed E-state index contributed by atoms with van der Waals surface area (Å²) in [4.78, 5) is 16.7. The van der Waals surface area contributed by atoms with Crippen LogP contribution in [0.3, 0.4) is 0 Å². The predicted octanol–water partition coefficient (Wildman–Crippen LogP) is 2.75. The predicted molar refractivity (Wildman–Crippen MR) is 96.9 cm³/mol. The van der Waals surface area contributed by atoms with Crippen molar-refractivity contribution >= 4 is 11.9 Å². The lowest BCUT2D eigenvalue weighted by atomic mass is 10.1. The quantitative estimate of drug-likeness (QED) is 0.849. The fraction of sp³-hybridized carbons (Fsp3) is 0.316. The minimum atomic E-state index is -0.530. The first-order valence-corrected chi connectivity index (χ1v) is 7.87. The largest absolute Gasteiger partial charge is 0.494 e. The normalized spacial score (nSPS) is 11.0. The van der Waals surface area contributed by atoms with Crippen molar-refractivity contribution in [3.63, 3.8) is 0 Å². The molecule has 0 atom stereocenters. The molecular formula is C19H21N3O3. The first-order valence-electron chi connectivity index (χ1n) is 7.87. The van der Waals surface area contributed by atoms with E-state index in [9.17, 15) is 15.2 Å². The second-order valence-electron chi connectivity index (χ2n) is 5.83. The molecule has 0 aliphatic heterocycles. The third kappa shape index (κ3) is 3.78. The number of pyridine rings is 1. The number of nitriles is 1. The molecule has 0 radical (unpaired) electrons. The standard InChI is InChI=1S/C19H21N3O3/c1-12-5-6-15(9-13(12)2)21-11-17-14(3)16(10-20)18(23)22(19(17)24)7-8-25-4/h5-6,9,11,24H,7-8H2,1-4H3. The number of rotatable bonds is 5. The number of nitrogens with zero attached hydrogens (tertiary/aromatic N) is 3. The Labute approximate surface area is 146 Å². The first-order chi connectivity index (χ1) is 11.9. The third-order valence-corrected chi connectivity index (χ3v) is 4.20. The van der Waals surface area contributed by atoms with Gasteiger partial charge < -0.3 is 9.84 Å². The first kappa shape index (κ1) is 18.4. The molecule has 0 fully saturated rings. The minimum absolute atomic E-state index is 0.00422. The van der Waals surface area contributed by atoms with Gasteiger partial charge in [0.25, 0.3) is 5.56 Å². The van der Waals surface area contributed by atoms with Crippen molar-refractivity contribution in [3.8, 4) is 11.9 Å². The molecule has 0 saturated heterocycles. The van der Waals surface area contributed by atoms with Crippen LogP contribution in [0, 0.1) is 32.1 Å². The van der Waals surface area contributed by atoms with Gasteiger partial charge in [0.05, 0.1) is 24.4 Å². The van der Waals surface area contributed by atoms with Crippen molar-refractivity contribution in [3.05, 3.63) is 56.4 Å². The Morgan fingerprint density at radius 1 is 1.32 bits per heavy atom. The molecule has 1 aromatic carbocycles.